The Balaban J connectivity index is 1.92. The summed E-state index contributed by atoms with van der Waals surface area (Å²) in [5.74, 6) is 1.18. The van der Waals surface area contributed by atoms with Crippen molar-refractivity contribution in [2.75, 3.05) is 32.3 Å². The van der Waals surface area contributed by atoms with E-state index in [1.807, 2.05) is 6.92 Å². The van der Waals surface area contributed by atoms with Crippen LogP contribution in [0.4, 0.5) is 5.69 Å². The van der Waals surface area contributed by atoms with Gasteiger partial charge < -0.3 is 19.9 Å². The van der Waals surface area contributed by atoms with E-state index in [1.54, 1.807) is 30.1 Å². The maximum absolute atomic E-state index is 11.8. The van der Waals surface area contributed by atoms with Crippen LogP contribution in [0.3, 0.4) is 0 Å². The molecule has 0 aliphatic carbocycles. The molecule has 0 saturated carbocycles. The number of aliphatic hydroxyl groups excluding tert-OH is 1. The van der Waals surface area contributed by atoms with Gasteiger partial charge in [0.2, 0.25) is 12.7 Å². The van der Waals surface area contributed by atoms with Gasteiger partial charge in [-0.1, -0.05) is 0 Å². The van der Waals surface area contributed by atoms with Gasteiger partial charge in [-0.2, -0.15) is 0 Å². The predicted octanol–water partition coefficient (Wildman–Crippen LogP) is 0.666. The third kappa shape index (κ3) is 3.36. The standard InChI is InChI=1S/C13H18N2O4/c1-9(7-16)15(2)6-13(17)14-10-3-4-11-12(5-10)19-8-18-11/h3-5,9,16H,6-8H2,1-2H3,(H,14,17). The van der Waals surface area contributed by atoms with Gasteiger partial charge in [0, 0.05) is 17.8 Å². The van der Waals surface area contributed by atoms with Gasteiger partial charge >= 0.3 is 0 Å². The zero-order chi connectivity index (χ0) is 13.8. The summed E-state index contributed by atoms with van der Waals surface area (Å²) in [6.07, 6.45) is 0. The average molecular weight is 266 g/mol. The molecule has 0 fully saturated rings. The Hall–Kier alpha value is -1.79. The number of nitrogens with zero attached hydrogens (tertiary/aromatic N) is 1. The molecule has 0 radical (unpaired) electrons. The Morgan fingerprint density at radius 1 is 1.47 bits per heavy atom. The second kappa shape index (κ2) is 5.90. The molecule has 1 aromatic carbocycles. The topological polar surface area (TPSA) is 71.0 Å². The third-order valence-corrected chi connectivity index (χ3v) is 3.07. The molecule has 1 aliphatic rings. The number of hydrogen-bond donors (Lipinski definition) is 2. The van der Waals surface area contributed by atoms with Gasteiger partial charge in [-0.15, -0.1) is 0 Å². The van der Waals surface area contributed by atoms with Crippen molar-refractivity contribution in [2.45, 2.75) is 13.0 Å². The van der Waals surface area contributed by atoms with Crippen LogP contribution in [0.1, 0.15) is 6.92 Å². The number of fused-ring (bicyclic) bond motifs is 1. The molecule has 1 aromatic rings. The lowest BCUT2D eigenvalue weighted by molar-refractivity contribution is -0.117. The molecule has 1 heterocycles. The Kier molecular flexibility index (Phi) is 4.24. The van der Waals surface area contributed by atoms with Gasteiger partial charge in [-0.25, -0.2) is 0 Å². The SMILES string of the molecule is CC(CO)N(C)CC(=O)Nc1ccc2c(c1)OCO2. The van der Waals surface area contributed by atoms with E-state index in [-0.39, 0.29) is 31.9 Å². The van der Waals surface area contributed by atoms with Crippen LogP contribution in [0.15, 0.2) is 18.2 Å². The molecular weight excluding hydrogens is 248 g/mol. The zero-order valence-electron chi connectivity index (χ0n) is 11.0. The van der Waals surface area contributed by atoms with E-state index in [2.05, 4.69) is 5.32 Å². The molecule has 0 bridgehead atoms. The Bertz CT molecular complexity index is 464. The van der Waals surface area contributed by atoms with Gasteiger partial charge in [0.05, 0.1) is 13.2 Å². The molecule has 6 nitrogen and oxygen atoms in total. The van der Waals surface area contributed by atoms with Crippen molar-refractivity contribution in [1.82, 2.24) is 4.90 Å². The number of nitrogens with one attached hydrogen (secondary N) is 1. The van der Waals surface area contributed by atoms with Crippen LogP contribution in [0, 0.1) is 0 Å². The number of carbonyl (C=O) groups is 1. The summed E-state index contributed by atoms with van der Waals surface area (Å²) in [5, 5.41) is 11.8. The van der Waals surface area contributed by atoms with Crippen LogP contribution >= 0.6 is 0 Å². The van der Waals surface area contributed by atoms with Crippen molar-refractivity contribution >= 4 is 11.6 Å². The molecule has 6 heteroatoms. The average Bonchev–Trinajstić information content (AvgIpc) is 2.84. The van der Waals surface area contributed by atoms with E-state index >= 15 is 0 Å². The highest BCUT2D eigenvalue weighted by atomic mass is 16.7. The normalized spacial score (nSPS) is 14.5. The molecule has 0 aromatic heterocycles. The van der Waals surface area contributed by atoms with E-state index in [9.17, 15) is 4.79 Å². The predicted molar refractivity (Wildman–Crippen MR) is 70.4 cm³/mol. The Morgan fingerprint density at radius 3 is 2.95 bits per heavy atom. The summed E-state index contributed by atoms with van der Waals surface area (Å²) in [7, 11) is 1.79. The van der Waals surface area contributed by atoms with Crippen molar-refractivity contribution in [3.63, 3.8) is 0 Å². The smallest absolute Gasteiger partial charge is 0.238 e. The van der Waals surface area contributed by atoms with Crippen molar-refractivity contribution in [1.29, 1.82) is 0 Å². The number of ether oxygens (including phenoxy) is 2. The molecule has 1 atom stereocenters. The Labute approximate surface area is 111 Å². The van der Waals surface area contributed by atoms with Crippen LogP contribution in [-0.4, -0.2) is 48.9 Å². The lowest BCUT2D eigenvalue weighted by Gasteiger charge is -2.21. The highest BCUT2D eigenvalue weighted by Gasteiger charge is 2.15. The lowest BCUT2D eigenvalue weighted by atomic mass is 10.2. The van der Waals surface area contributed by atoms with E-state index in [0.717, 1.165) is 0 Å². The monoisotopic (exact) mass is 266 g/mol. The fourth-order valence-electron chi connectivity index (χ4n) is 1.70. The molecule has 0 spiro atoms. The molecule has 1 unspecified atom stereocenters. The fourth-order valence-corrected chi connectivity index (χ4v) is 1.70. The largest absolute Gasteiger partial charge is 0.454 e. The van der Waals surface area contributed by atoms with Crippen LogP contribution in [0.5, 0.6) is 11.5 Å². The van der Waals surface area contributed by atoms with Gasteiger partial charge in [-0.3, -0.25) is 9.69 Å². The number of benzene rings is 1. The first kappa shape index (κ1) is 13.6. The van der Waals surface area contributed by atoms with E-state index < -0.39 is 0 Å². The molecule has 19 heavy (non-hydrogen) atoms. The number of amides is 1. The van der Waals surface area contributed by atoms with E-state index in [0.29, 0.717) is 17.2 Å². The summed E-state index contributed by atoms with van der Waals surface area (Å²) in [6.45, 7) is 2.31. The van der Waals surface area contributed by atoms with E-state index in [4.69, 9.17) is 14.6 Å². The minimum atomic E-state index is -0.137. The van der Waals surface area contributed by atoms with Gasteiger partial charge in [-0.05, 0) is 26.1 Å². The molecular formula is C13H18N2O4. The summed E-state index contributed by atoms with van der Waals surface area (Å²) >= 11 is 0. The Morgan fingerprint density at radius 2 is 2.21 bits per heavy atom. The molecule has 1 aliphatic heterocycles. The summed E-state index contributed by atoms with van der Waals surface area (Å²) in [6, 6.07) is 5.21. The number of rotatable bonds is 5. The quantitative estimate of drug-likeness (QED) is 0.819. The second-order valence-corrected chi connectivity index (χ2v) is 4.56. The lowest BCUT2D eigenvalue weighted by Crippen LogP contribution is -2.38. The number of aliphatic hydroxyl groups is 1. The number of anilines is 1. The highest BCUT2D eigenvalue weighted by Crippen LogP contribution is 2.34. The number of hydrogen-bond acceptors (Lipinski definition) is 5. The van der Waals surface area contributed by atoms with Crippen molar-refractivity contribution in [2.24, 2.45) is 0 Å². The molecule has 1 amide bonds. The van der Waals surface area contributed by atoms with Crippen molar-refractivity contribution < 1.29 is 19.4 Å². The summed E-state index contributed by atoms with van der Waals surface area (Å²) in [5.41, 5.74) is 0.666. The van der Waals surface area contributed by atoms with Crippen LogP contribution in [-0.2, 0) is 4.79 Å². The van der Waals surface area contributed by atoms with E-state index in [1.165, 1.54) is 0 Å². The maximum Gasteiger partial charge on any atom is 0.238 e. The minimum Gasteiger partial charge on any atom is -0.454 e. The molecule has 0 saturated heterocycles. The maximum atomic E-state index is 11.8. The molecule has 2 rings (SSSR count). The number of carbonyl (C=O) groups excluding carboxylic acids is 1. The van der Waals surface area contributed by atoms with Crippen molar-refractivity contribution in [3.05, 3.63) is 18.2 Å². The first-order valence-electron chi connectivity index (χ1n) is 6.10. The second-order valence-electron chi connectivity index (χ2n) is 4.56. The first-order valence-corrected chi connectivity index (χ1v) is 6.10. The van der Waals surface area contributed by atoms with Gasteiger partial charge in [0.25, 0.3) is 0 Å². The minimum absolute atomic E-state index is 0.0216. The molecule has 104 valence electrons. The highest BCUT2D eigenvalue weighted by molar-refractivity contribution is 5.92. The summed E-state index contributed by atoms with van der Waals surface area (Å²) < 4.78 is 10.4. The van der Waals surface area contributed by atoms with Crippen molar-refractivity contribution in [3.8, 4) is 11.5 Å². The van der Waals surface area contributed by atoms with Crippen LogP contribution in [0.2, 0.25) is 0 Å². The van der Waals surface area contributed by atoms with Crippen LogP contribution < -0.4 is 14.8 Å². The summed E-state index contributed by atoms with van der Waals surface area (Å²) in [4.78, 5) is 13.6. The number of likely N-dealkylation sites (N-methyl/N-ethyl adjacent to an activating group) is 1. The zero-order valence-corrected chi connectivity index (χ0v) is 11.0. The third-order valence-electron chi connectivity index (χ3n) is 3.07. The van der Waals surface area contributed by atoms with Gasteiger partial charge in [0.1, 0.15) is 0 Å². The first-order chi connectivity index (χ1) is 9.10. The fraction of sp³-hybridized carbons (Fsp3) is 0.462. The van der Waals surface area contributed by atoms with Crippen LogP contribution in [0.25, 0.3) is 0 Å². The molecule has 2 N–H and O–H groups in total. The van der Waals surface area contributed by atoms with Gasteiger partial charge in [0.15, 0.2) is 11.5 Å².